The first-order valence-corrected chi connectivity index (χ1v) is 5.24. The summed E-state index contributed by atoms with van der Waals surface area (Å²) in [6.07, 6.45) is 5.87. The molecule has 0 unspecified atom stereocenters. The molecule has 2 heterocycles. The number of aromatic nitrogens is 3. The lowest BCUT2D eigenvalue weighted by Gasteiger charge is -2.03. The van der Waals surface area contributed by atoms with E-state index in [1.165, 1.54) is 24.6 Å². The lowest BCUT2D eigenvalue weighted by Crippen LogP contribution is -1.96. The third-order valence-corrected chi connectivity index (χ3v) is 2.91. The second-order valence-corrected chi connectivity index (χ2v) is 4.19. The Kier molecular flexibility index (Phi) is 1.77. The fourth-order valence-corrected chi connectivity index (χ4v) is 1.92. The molecule has 1 aliphatic carbocycles. The van der Waals surface area contributed by atoms with Crippen LogP contribution in [0.25, 0.3) is 5.78 Å². The summed E-state index contributed by atoms with van der Waals surface area (Å²) in [7, 11) is 0. The maximum Gasteiger partial charge on any atom is 0.356 e. The van der Waals surface area contributed by atoms with Crippen LogP contribution in [0.5, 0.6) is 0 Å². The third-order valence-electron chi connectivity index (χ3n) is 2.91. The van der Waals surface area contributed by atoms with Crippen LogP contribution >= 0.6 is 0 Å². The van der Waals surface area contributed by atoms with Crippen molar-refractivity contribution < 1.29 is 9.90 Å². The summed E-state index contributed by atoms with van der Waals surface area (Å²) in [6.45, 7) is 1.95. The molecule has 16 heavy (non-hydrogen) atoms. The fraction of sp³-hybridized carbons (Fsp3) is 0.364. The Hall–Kier alpha value is -1.91. The number of rotatable bonds is 2. The number of imidazole rings is 1. The largest absolute Gasteiger partial charge is 0.476 e. The van der Waals surface area contributed by atoms with Gasteiger partial charge in [-0.3, -0.25) is 4.40 Å². The van der Waals surface area contributed by atoms with Gasteiger partial charge in [0.05, 0.1) is 0 Å². The predicted molar refractivity (Wildman–Crippen MR) is 56.7 cm³/mol. The van der Waals surface area contributed by atoms with Gasteiger partial charge in [0.1, 0.15) is 0 Å². The van der Waals surface area contributed by atoms with Gasteiger partial charge in [-0.25, -0.2) is 14.8 Å². The molecule has 1 N–H and O–H groups in total. The van der Waals surface area contributed by atoms with Crippen molar-refractivity contribution in [1.82, 2.24) is 14.4 Å². The average molecular weight is 217 g/mol. The molecule has 5 nitrogen and oxygen atoms in total. The van der Waals surface area contributed by atoms with Crippen molar-refractivity contribution in [2.45, 2.75) is 25.7 Å². The molecule has 2 aromatic rings. The van der Waals surface area contributed by atoms with Gasteiger partial charge in [0.25, 0.3) is 0 Å². The van der Waals surface area contributed by atoms with E-state index >= 15 is 0 Å². The average Bonchev–Trinajstić information content (AvgIpc) is 2.97. The van der Waals surface area contributed by atoms with Gasteiger partial charge in [-0.05, 0) is 31.2 Å². The molecule has 0 amide bonds. The van der Waals surface area contributed by atoms with Crippen molar-refractivity contribution in [3.05, 3.63) is 29.3 Å². The Labute approximate surface area is 91.8 Å². The number of carbonyl (C=O) groups is 1. The van der Waals surface area contributed by atoms with Gasteiger partial charge in [-0.2, -0.15) is 0 Å². The topological polar surface area (TPSA) is 67.5 Å². The number of hydrogen-bond acceptors (Lipinski definition) is 3. The van der Waals surface area contributed by atoms with Crippen LogP contribution in [0.2, 0.25) is 0 Å². The smallest absolute Gasteiger partial charge is 0.356 e. The Balaban J connectivity index is 2.19. The minimum atomic E-state index is -1.02. The van der Waals surface area contributed by atoms with Crippen molar-refractivity contribution in [2.24, 2.45) is 0 Å². The molecule has 0 radical (unpaired) electrons. The molecule has 0 aromatic carbocycles. The molecule has 0 saturated heterocycles. The van der Waals surface area contributed by atoms with E-state index in [4.69, 9.17) is 5.11 Å². The molecular weight excluding hydrogens is 206 g/mol. The van der Waals surface area contributed by atoms with Crippen LogP contribution in [-0.2, 0) is 0 Å². The van der Waals surface area contributed by atoms with Gasteiger partial charge < -0.3 is 5.11 Å². The molecule has 0 atom stereocenters. The van der Waals surface area contributed by atoms with E-state index < -0.39 is 5.97 Å². The molecule has 2 aromatic heterocycles. The van der Waals surface area contributed by atoms with E-state index in [-0.39, 0.29) is 5.69 Å². The second-order valence-electron chi connectivity index (χ2n) is 4.19. The second kappa shape index (κ2) is 3.04. The van der Waals surface area contributed by atoms with E-state index in [9.17, 15) is 4.79 Å². The summed E-state index contributed by atoms with van der Waals surface area (Å²) in [5.41, 5.74) is 2.21. The molecule has 1 aliphatic rings. The minimum absolute atomic E-state index is 0.0415. The van der Waals surface area contributed by atoms with E-state index in [0.717, 1.165) is 5.69 Å². The molecule has 3 rings (SSSR count). The summed E-state index contributed by atoms with van der Waals surface area (Å²) < 4.78 is 1.70. The first-order chi connectivity index (χ1) is 7.65. The normalized spacial score (nSPS) is 15.6. The number of aromatic carboxylic acids is 1. The van der Waals surface area contributed by atoms with Gasteiger partial charge in [0.2, 0.25) is 5.78 Å². The standard InChI is InChI=1S/C11H11N3O2/c1-6-8(7-2-3-7)4-14-5-9(10(15)16)13-11(14)12-6/h4-5,7H,2-3H2,1H3,(H,15,16). The van der Waals surface area contributed by atoms with E-state index in [0.29, 0.717) is 11.7 Å². The molecule has 5 heteroatoms. The van der Waals surface area contributed by atoms with Crippen LogP contribution in [0.3, 0.4) is 0 Å². The highest BCUT2D eigenvalue weighted by Crippen LogP contribution is 2.41. The quantitative estimate of drug-likeness (QED) is 0.829. The summed E-state index contributed by atoms with van der Waals surface area (Å²) in [4.78, 5) is 19.1. The van der Waals surface area contributed by atoms with E-state index in [2.05, 4.69) is 9.97 Å². The Bertz CT molecular complexity index is 584. The number of carboxylic acid groups (broad SMARTS) is 1. The number of nitrogens with zero attached hydrogens (tertiary/aromatic N) is 3. The molecule has 0 bridgehead atoms. The van der Waals surface area contributed by atoms with Crippen LogP contribution in [-0.4, -0.2) is 25.4 Å². The molecule has 1 saturated carbocycles. The zero-order chi connectivity index (χ0) is 11.3. The third kappa shape index (κ3) is 1.36. The fourth-order valence-electron chi connectivity index (χ4n) is 1.92. The number of hydrogen-bond donors (Lipinski definition) is 1. The Morgan fingerprint density at radius 2 is 2.19 bits per heavy atom. The van der Waals surface area contributed by atoms with Crippen molar-refractivity contribution in [3.8, 4) is 0 Å². The number of carboxylic acids is 1. The number of fused-ring (bicyclic) bond motifs is 1. The minimum Gasteiger partial charge on any atom is -0.476 e. The van der Waals surface area contributed by atoms with Crippen LogP contribution in [0, 0.1) is 6.92 Å². The van der Waals surface area contributed by atoms with Crippen molar-refractivity contribution in [3.63, 3.8) is 0 Å². The van der Waals surface area contributed by atoms with Crippen LogP contribution < -0.4 is 0 Å². The molecular formula is C11H11N3O2. The SMILES string of the molecule is Cc1nc2nc(C(=O)O)cn2cc1C1CC1. The highest BCUT2D eigenvalue weighted by atomic mass is 16.4. The van der Waals surface area contributed by atoms with Crippen molar-refractivity contribution in [1.29, 1.82) is 0 Å². The highest BCUT2D eigenvalue weighted by Gasteiger charge is 2.26. The van der Waals surface area contributed by atoms with E-state index in [1.807, 2.05) is 13.1 Å². The summed E-state index contributed by atoms with van der Waals surface area (Å²) in [5.74, 6) is 0.0444. The zero-order valence-corrected chi connectivity index (χ0v) is 8.84. The van der Waals surface area contributed by atoms with Gasteiger partial charge in [0, 0.05) is 18.1 Å². The van der Waals surface area contributed by atoms with Crippen LogP contribution in [0.15, 0.2) is 12.4 Å². The molecule has 82 valence electrons. The Morgan fingerprint density at radius 3 is 2.81 bits per heavy atom. The van der Waals surface area contributed by atoms with Crippen molar-refractivity contribution >= 4 is 11.7 Å². The van der Waals surface area contributed by atoms with Crippen molar-refractivity contribution in [2.75, 3.05) is 0 Å². The monoisotopic (exact) mass is 217 g/mol. The lowest BCUT2D eigenvalue weighted by molar-refractivity contribution is 0.0691. The first-order valence-electron chi connectivity index (χ1n) is 5.24. The number of aryl methyl sites for hydroxylation is 1. The highest BCUT2D eigenvalue weighted by molar-refractivity contribution is 5.85. The van der Waals surface area contributed by atoms with Gasteiger partial charge in [-0.1, -0.05) is 0 Å². The summed E-state index contributed by atoms with van der Waals surface area (Å²) in [6, 6.07) is 0. The van der Waals surface area contributed by atoms with Gasteiger partial charge >= 0.3 is 5.97 Å². The summed E-state index contributed by atoms with van der Waals surface area (Å²) >= 11 is 0. The van der Waals surface area contributed by atoms with Crippen LogP contribution in [0.4, 0.5) is 0 Å². The Morgan fingerprint density at radius 1 is 1.44 bits per heavy atom. The zero-order valence-electron chi connectivity index (χ0n) is 8.84. The summed E-state index contributed by atoms with van der Waals surface area (Å²) in [5, 5.41) is 8.84. The lowest BCUT2D eigenvalue weighted by atomic mass is 10.1. The molecule has 0 spiro atoms. The maximum atomic E-state index is 10.8. The van der Waals surface area contributed by atoms with E-state index in [1.54, 1.807) is 4.40 Å². The first kappa shape index (κ1) is 9.33. The van der Waals surface area contributed by atoms with Gasteiger partial charge in [-0.15, -0.1) is 0 Å². The predicted octanol–water partition coefficient (Wildman–Crippen LogP) is 1.61. The van der Waals surface area contributed by atoms with Gasteiger partial charge in [0.15, 0.2) is 5.69 Å². The maximum absolute atomic E-state index is 10.8. The van der Waals surface area contributed by atoms with Crippen LogP contribution in [0.1, 0.15) is 40.5 Å². The molecule has 1 fully saturated rings. The molecule has 0 aliphatic heterocycles.